The smallest absolute Gasteiger partial charge is 0.123 e. The molecule has 2 aromatic carbocycles. The molecular formula is C27H37F. The minimum atomic E-state index is -0.175. The van der Waals surface area contributed by atoms with Crippen LogP contribution in [0, 0.1) is 24.6 Å². The zero-order valence-corrected chi connectivity index (χ0v) is 18.6. The normalized spacial score (nSPS) is 23.0. The highest BCUT2D eigenvalue weighted by molar-refractivity contribution is 5.66. The van der Waals surface area contributed by atoms with E-state index in [4.69, 9.17) is 0 Å². The van der Waals surface area contributed by atoms with Gasteiger partial charge in [-0.1, -0.05) is 71.5 Å². The van der Waals surface area contributed by atoms with Gasteiger partial charge < -0.3 is 0 Å². The van der Waals surface area contributed by atoms with Crippen LogP contribution in [0.1, 0.15) is 76.1 Å². The summed E-state index contributed by atoms with van der Waals surface area (Å²) in [5, 5.41) is 0. The second kappa shape index (κ2) is 9.54. The molecule has 1 saturated carbocycles. The molecule has 2 aromatic rings. The molecule has 152 valence electrons. The highest BCUT2D eigenvalue weighted by Gasteiger charge is 2.58. The second-order valence-corrected chi connectivity index (χ2v) is 8.04. The van der Waals surface area contributed by atoms with Crippen LogP contribution in [0.4, 0.5) is 4.39 Å². The van der Waals surface area contributed by atoms with Gasteiger partial charge in [-0.25, -0.2) is 4.39 Å². The predicted molar refractivity (Wildman–Crippen MR) is 121 cm³/mol. The predicted octanol–water partition coefficient (Wildman–Crippen LogP) is 8.13. The van der Waals surface area contributed by atoms with E-state index in [0.717, 1.165) is 47.8 Å². The first-order valence-electron chi connectivity index (χ1n) is 10.9. The standard InChI is InChI=1S/C25H31F.C2H6/c1-6-25(19(4)20(25)5)24-13-8-7-11-21(24)12-9-10-17(2)23-15-14-22(26)16-18(23)3;1-2/h7-8,11,13-16,19-20H,2,6,9-10,12H2,1,3-5H3;1-2H3. The number of hydrogen-bond acceptors (Lipinski definition) is 0. The van der Waals surface area contributed by atoms with Gasteiger partial charge in [0, 0.05) is 5.41 Å². The van der Waals surface area contributed by atoms with Crippen molar-refractivity contribution in [1.82, 2.24) is 0 Å². The van der Waals surface area contributed by atoms with Crippen molar-refractivity contribution in [1.29, 1.82) is 0 Å². The zero-order valence-electron chi connectivity index (χ0n) is 18.6. The Bertz CT molecular complexity index is 794. The highest BCUT2D eigenvalue weighted by Crippen LogP contribution is 2.62. The molecule has 0 aromatic heterocycles. The van der Waals surface area contributed by atoms with Crippen molar-refractivity contribution in [2.75, 3.05) is 0 Å². The van der Waals surface area contributed by atoms with Gasteiger partial charge in [0.1, 0.15) is 5.82 Å². The molecule has 0 amide bonds. The zero-order chi connectivity index (χ0) is 20.9. The fourth-order valence-corrected chi connectivity index (χ4v) is 5.03. The number of allylic oxidation sites excluding steroid dienone is 1. The molecule has 0 radical (unpaired) electrons. The molecule has 0 spiro atoms. The van der Waals surface area contributed by atoms with Crippen LogP contribution in [0.2, 0.25) is 0 Å². The fraction of sp³-hybridized carbons (Fsp3) is 0.481. The average molecular weight is 381 g/mol. The topological polar surface area (TPSA) is 0 Å². The molecule has 1 fully saturated rings. The molecule has 0 nitrogen and oxygen atoms in total. The lowest BCUT2D eigenvalue weighted by Crippen LogP contribution is -2.13. The Labute approximate surface area is 171 Å². The van der Waals surface area contributed by atoms with Crippen molar-refractivity contribution >= 4 is 5.57 Å². The van der Waals surface area contributed by atoms with Crippen LogP contribution in [-0.2, 0) is 11.8 Å². The summed E-state index contributed by atoms with van der Waals surface area (Å²) in [6, 6.07) is 14.0. The van der Waals surface area contributed by atoms with Gasteiger partial charge in [0.2, 0.25) is 0 Å². The number of aryl methyl sites for hydroxylation is 2. The van der Waals surface area contributed by atoms with Gasteiger partial charge in [0.05, 0.1) is 0 Å². The maximum absolute atomic E-state index is 13.3. The van der Waals surface area contributed by atoms with Crippen LogP contribution >= 0.6 is 0 Å². The van der Waals surface area contributed by atoms with Crippen molar-refractivity contribution in [2.45, 2.75) is 72.6 Å². The summed E-state index contributed by atoms with van der Waals surface area (Å²) in [6.45, 7) is 17.3. The van der Waals surface area contributed by atoms with E-state index in [2.05, 4.69) is 51.6 Å². The van der Waals surface area contributed by atoms with Crippen LogP contribution < -0.4 is 0 Å². The van der Waals surface area contributed by atoms with Crippen LogP contribution in [0.25, 0.3) is 5.57 Å². The van der Waals surface area contributed by atoms with Gasteiger partial charge in [-0.05, 0) is 84.4 Å². The highest BCUT2D eigenvalue weighted by atomic mass is 19.1. The first-order chi connectivity index (χ1) is 13.4. The summed E-state index contributed by atoms with van der Waals surface area (Å²) >= 11 is 0. The Balaban J connectivity index is 0.00000136. The lowest BCUT2D eigenvalue weighted by molar-refractivity contribution is 0.576. The molecule has 1 heteroatoms. The number of hydrogen-bond donors (Lipinski definition) is 0. The molecule has 2 unspecified atom stereocenters. The molecule has 28 heavy (non-hydrogen) atoms. The van der Waals surface area contributed by atoms with Crippen molar-refractivity contribution in [3.05, 3.63) is 77.1 Å². The Hall–Kier alpha value is -1.89. The van der Waals surface area contributed by atoms with Gasteiger partial charge in [-0.2, -0.15) is 0 Å². The van der Waals surface area contributed by atoms with Crippen molar-refractivity contribution in [2.24, 2.45) is 11.8 Å². The summed E-state index contributed by atoms with van der Waals surface area (Å²) in [7, 11) is 0. The van der Waals surface area contributed by atoms with Crippen LogP contribution in [-0.4, -0.2) is 0 Å². The molecular weight excluding hydrogens is 343 g/mol. The quantitative estimate of drug-likeness (QED) is 0.455. The summed E-state index contributed by atoms with van der Waals surface area (Å²) in [6.07, 6.45) is 4.32. The minimum Gasteiger partial charge on any atom is -0.207 e. The molecule has 0 saturated heterocycles. The van der Waals surface area contributed by atoms with E-state index < -0.39 is 0 Å². The Kier molecular flexibility index (Phi) is 7.63. The van der Waals surface area contributed by atoms with E-state index in [1.807, 2.05) is 26.8 Å². The van der Waals surface area contributed by atoms with E-state index in [0.29, 0.717) is 5.41 Å². The Morgan fingerprint density at radius 3 is 2.29 bits per heavy atom. The average Bonchev–Trinajstić information content (AvgIpc) is 3.24. The summed E-state index contributed by atoms with van der Waals surface area (Å²) in [4.78, 5) is 0. The Morgan fingerprint density at radius 2 is 1.71 bits per heavy atom. The lowest BCUT2D eigenvalue weighted by Gasteiger charge is -2.20. The van der Waals surface area contributed by atoms with Crippen LogP contribution in [0.15, 0.2) is 49.0 Å². The van der Waals surface area contributed by atoms with Gasteiger partial charge >= 0.3 is 0 Å². The largest absolute Gasteiger partial charge is 0.207 e. The Morgan fingerprint density at radius 1 is 1.07 bits per heavy atom. The van der Waals surface area contributed by atoms with Gasteiger partial charge in [0.25, 0.3) is 0 Å². The third kappa shape index (κ3) is 4.24. The van der Waals surface area contributed by atoms with Crippen LogP contribution in [0.5, 0.6) is 0 Å². The minimum absolute atomic E-state index is 0.175. The first-order valence-corrected chi connectivity index (χ1v) is 10.9. The van der Waals surface area contributed by atoms with E-state index in [-0.39, 0.29) is 5.82 Å². The molecule has 0 aliphatic heterocycles. The number of benzene rings is 2. The maximum atomic E-state index is 13.3. The summed E-state index contributed by atoms with van der Waals surface area (Å²) in [5.74, 6) is 1.36. The SMILES string of the molecule is C=C(CCCc1ccccc1C1(CC)C(C)C1C)c1ccc(F)cc1C.CC. The molecule has 1 aliphatic carbocycles. The molecule has 1 aliphatic rings. The van der Waals surface area contributed by atoms with Crippen molar-refractivity contribution < 1.29 is 4.39 Å². The van der Waals surface area contributed by atoms with Gasteiger partial charge in [-0.3, -0.25) is 0 Å². The molecule has 0 heterocycles. The molecule has 3 rings (SSSR count). The van der Waals surface area contributed by atoms with Crippen molar-refractivity contribution in [3.8, 4) is 0 Å². The van der Waals surface area contributed by atoms with E-state index >= 15 is 0 Å². The molecule has 0 N–H and O–H groups in total. The summed E-state index contributed by atoms with van der Waals surface area (Å²) < 4.78 is 13.3. The van der Waals surface area contributed by atoms with E-state index in [1.54, 1.807) is 11.6 Å². The van der Waals surface area contributed by atoms with Crippen LogP contribution in [0.3, 0.4) is 0 Å². The second-order valence-electron chi connectivity index (χ2n) is 8.04. The van der Waals surface area contributed by atoms with Gasteiger partial charge in [0.15, 0.2) is 0 Å². The number of rotatable bonds is 7. The van der Waals surface area contributed by atoms with E-state index in [9.17, 15) is 4.39 Å². The third-order valence-corrected chi connectivity index (χ3v) is 6.86. The first kappa shape index (κ1) is 22.4. The van der Waals surface area contributed by atoms with E-state index in [1.165, 1.54) is 18.1 Å². The van der Waals surface area contributed by atoms with Crippen molar-refractivity contribution in [3.63, 3.8) is 0 Å². The molecule has 2 atom stereocenters. The maximum Gasteiger partial charge on any atom is 0.123 e. The summed E-state index contributed by atoms with van der Waals surface area (Å²) in [5.41, 5.74) is 6.61. The molecule has 0 bridgehead atoms. The third-order valence-electron chi connectivity index (χ3n) is 6.86. The lowest BCUT2D eigenvalue weighted by atomic mass is 9.84. The fourth-order valence-electron chi connectivity index (χ4n) is 5.03. The monoisotopic (exact) mass is 380 g/mol. The van der Waals surface area contributed by atoms with Gasteiger partial charge in [-0.15, -0.1) is 0 Å². The number of halogens is 1.